The smallest absolute Gasteiger partial charge is 0.324 e. The highest BCUT2D eigenvalue weighted by atomic mass is 16.4. The van der Waals surface area contributed by atoms with E-state index in [9.17, 15) is 9.90 Å². The van der Waals surface area contributed by atoms with Gasteiger partial charge in [-0.05, 0) is 38.8 Å². The van der Waals surface area contributed by atoms with Crippen molar-refractivity contribution in [1.82, 2.24) is 4.90 Å². The summed E-state index contributed by atoms with van der Waals surface area (Å²) in [5.74, 6) is -0.673. The quantitative estimate of drug-likeness (QED) is 0.755. The second kappa shape index (κ2) is 4.72. The fraction of sp³-hybridized carbons (Fsp3) is 0.917. The normalized spacial score (nSPS) is 36.4. The molecule has 2 atom stereocenters. The van der Waals surface area contributed by atoms with Crippen LogP contribution in [0.4, 0.5) is 0 Å². The summed E-state index contributed by atoms with van der Waals surface area (Å²) in [6.07, 6.45) is 6.19. The van der Waals surface area contributed by atoms with Crippen LogP contribution in [0.15, 0.2) is 0 Å². The molecule has 4 nitrogen and oxygen atoms in total. The van der Waals surface area contributed by atoms with Gasteiger partial charge in [0.25, 0.3) is 0 Å². The second-order valence-electron chi connectivity index (χ2n) is 5.30. The molecule has 2 fully saturated rings. The zero-order valence-electron chi connectivity index (χ0n) is 9.82. The Balaban J connectivity index is 2.01. The molecule has 16 heavy (non-hydrogen) atoms. The Bertz CT molecular complexity index is 264. The minimum Gasteiger partial charge on any atom is -0.480 e. The minimum atomic E-state index is -0.971. The molecule has 92 valence electrons. The topological polar surface area (TPSA) is 66.6 Å². The molecule has 0 aromatic heterocycles. The van der Waals surface area contributed by atoms with Gasteiger partial charge in [-0.25, -0.2) is 0 Å². The van der Waals surface area contributed by atoms with Gasteiger partial charge >= 0.3 is 5.97 Å². The van der Waals surface area contributed by atoms with E-state index >= 15 is 0 Å². The molecule has 1 saturated carbocycles. The molecule has 1 saturated heterocycles. The second-order valence-corrected chi connectivity index (χ2v) is 5.30. The molecule has 0 radical (unpaired) electrons. The monoisotopic (exact) mass is 226 g/mol. The van der Waals surface area contributed by atoms with Crippen molar-refractivity contribution in [2.45, 2.75) is 44.1 Å². The summed E-state index contributed by atoms with van der Waals surface area (Å²) >= 11 is 0. The van der Waals surface area contributed by atoms with Gasteiger partial charge in [0.15, 0.2) is 0 Å². The summed E-state index contributed by atoms with van der Waals surface area (Å²) in [6.45, 7) is 3.11. The summed E-state index contributed by atoms with van der Waals surface area (Å²) in [5, 5.41) is 9.30. The average Bonchev–Trinajstić information content (AvgIpc) is 2.74. The van der Waals surface area contributed by atoms with Crippen molar-refractivity contribution in [2.75, 3.05) is 19.6 Å². The Morgan fingerprint density at radius 2 is 2.00 bits per heavy atom. The van der Waals surface area contributed by atoms with Gasteiger partial charge in [-0.1, -0.05) is 12.8 Å². The van der Waals surface area contributed by atoms with Crippen LogP contribution >= 0.6 is 0 Å². The standard InChI is InChI=1S/C12H22N2O2/c13-12(11(15)16)6-2-1-5-10(12)9-14-7-3-4-8-14/h10H,1-9,13H2,(H,15,16)/t10-,12+/m0/s1. The number of aliphatic carboxylic acids is 1. The Morgan fingerprint density at radius 1 is 1.31 bits per heavy atom. The molecule has 0 aromatic rings. The Kier molecular flexibility index (Phi) is 3.50. The fourth-order valence-corrected chi connectivity index (χ4v) is 3.08. The van der Waals surface area contributed by atoms with Crippen LogP contribution in [0.3, 0.4) is 0 Å². The highest BCUT2D eigenvalue weighted by molar-refractivity contribution is 5.79. The van der Waals surface area contributed by atoms with Crippen LogP contribution < -0.4 is 5.73 Å². The summed E-state index contributed by atoms with van der Waals surface area (Å²) < 4.78 is 0. The van der Waals surface area contributed by atoms with E-state index in [0.29, 0.717) is 6.42 Å². The van der Waals surface area contributed by atoms with E-state index in [1.165, 1.54) is 12.8 Å². The third-order valence-electron chi connectivity index (χ3n) is 4.20. The van der Waals surface area contributed by atoms with E-state index in [-0.39, 0.29) is 5.92 Å². The van der Waals surface area contributed by atoms with Gasteiger partial charge in [-0.3, -0.25) is 4.79 Å². The van der Waals surface area contributed by atoms with Crippen LogP contribution in [0.1, 0.15) is 38.5 Å². The van der Waals surface area contributed by atoms with E-state index in [4.69, 9.17) is 5.73 Å². The summed E-state index contributed by atoms with van der Waals surface area (Å²) in [4.78, 5) is 13.7. The minimum absolute atomic E-state index is 0.136. The highest BCUT2D eigenvalue weighted by Crippen LogP contribution is 2.33. The Labute approximate surface area is 96.8 Å². The largest absolute Gasteiger partial charge is 0.480 e. The van der Waals surface area contributed by atoms with E-state index in [1.54, 1.807) is 0 Å². The van der Waals surface area contributed by atoms with Crippen molar-refractivity contribution >= 4 is 5.97 Å². The third kappa shape index (κ3) is 2.23. The summed E-state index contributed by atoms with van der Waals surface area (Å²) in [6, 6.07) is 0. The van der Waals surface area contributed by atoms with Gasteiger partial charge in [0.05, 0.1) is 0 Å². The number of carboxylic acid groups (broad SMARTS) is 1. The number of likely N-dealkylation sites (tertiary alicyclic amines) is 1. The number of hydrogen-bond acceptors (Lipinski definition) is 3. The molecule has 0 bridgehead atoms. The van der Waals surface area contributed by atoms with Crippen LogP contribution in [-0.2, 0) is 4.79 Å². The molecule has 4 heteroatoms. The van der Waals surface area contributed by atoms with E-state index < -0.39 is 11.5 Å². The van der Waals surface area contributed by atoms with Crippen molar-refractivity contribution in [3.05, 3.63) is 0 Å². The maximum absolute atomic E-state index is 11.3. The molecule has 0 amide bonds. The molecule has 1 aliphatic heterocycles. The van der Waals surface area contributed by atoms with E-state index in [0.717, 1.165) is 38.9 Å². The van der Waals surface area contributed by atoms with Gasteiger partial charge in [-0.15, -0.1) is 0 Å². The molecule has 1 heterocycles. The van der Waals surface area contributed by atoms with Gasteiger partial charge in [0, 0.05) is 12.5 Å². The lowest BCUT2D eigenvalue weighted by atomic mass is 9.73. The van der Waals surface area contributed by atoms with Crippen molar-refractivity contribution < 1.29 is 9.90 Å². The molecule has 2 aliphatic rings. The average molecular weight is 226 g/mol. The maximum atomic E-state index is 11.3. The number of hydrogen-bond donors (Lipinski definition) is 2. The van der Waals surface area contributed by atoms with Crippen LogP contribution in [0.5, 0.6) is 0 Å². The molecule has 0 aromatic carbocycles. The van der Waals surface area contributed by atoms with Crippen molar-refractivity contribution in [3.8, 4) is 0 Å². The number of rotatable bonds is 3. The summed E-state index contributed by atoms with van der Waals surface area (Å²) in [5.41, 5.74) is 5.13. The number of carboxylic acids is 1. The first kappa shape index (κ1) is 11.9. The van der Waals surface area contributed by atoms with Crippen LogP contribution in [0.25, 0.3) is 0 Å². The third-order valence-corrected chi connectivity index (χ3v) is 4.20. The van der Waals surface area contributed by atoms with Crippen LogP contribution in [-0.4, -0.2) is 41.1 Å². The lowest BCUT2D eigenvalue weighted by molar-refractivity contribution is -0.147. The highest BCUT2D eigenvalue weighted by Gasteiger charge is 2.44. The Morgan fingerprint density at radius 3 is 2.62 bits per heavy atom. The SMILES string of the molecule is N[C@]1(C(=O)O)CCCC[C@H]1CN1CCCC1. The molecule has 2 rings (SSSR count). The molecule has 3 N–H and O–H groups in total. The van der Waals surface area contributed by atoms with Crippen LogP contribution in [0, 0.1) is 5.92 Å². The molecule has 0 unspecified atom stereocenters. The zero-order chi connectivity index (χ0) is 11.6. The lowest BCUT2D eigenvalue weighted by Gasteiger charge is -2.39. The first-order valence-corrected chi connectivity index (χ1v) is 6.37. The van der Waals surface area contributed by atoms with Crippen molar-refractivity contribution in [2.24, 2.45) is 11.7 Å². The molecule has 1 aliphatic carbocycles. The van der Waals surface area contributed by atoms with Crippen molar-refractivity contribution in [3.63, 3.8) is 0 Å². The first-order valence-electron chi connectivity index (χ1n) is 6.37. The number of nitrogens with zero attached hydrogens (tertiary/aromatic N) is 1. The summed E-state index contributed by atoms with van der Waals surface area (Å²) in [7, 11) is 0. The zero-order valence-corrected chi connectivity index (χ0v) is 9.82. The van der Waals surface area contributed by atoms with Gasteiger partial charge in [0.2, 0.25) is 0 Å². The van der Waals surface area contributed by atoms with Gasteiger partial charge in [0.1, 0.15) is 5.54 Å². The van der Waals surface area contributed by atoms with Crippen molar-refractivity contribution in [1.29, 1.82) is 0 Å². The van der Waals surface area contributed by atoms with E-state index in [1.807, 2.05) is 0 Å². The van der Waals surface area contributed by atoms with E-state index in [2.05, 4.69) is 4.90 Å². The van der Waals surface area contributed by atoms with Crippen LogP contribution in [0.2, 0.25) is 0 Å². The lowest BCUT2D eigenvalue weighted by Crippen LogP contribution is -2.58. The first-order chi connectivity index (χ1) is 7.63. The molecular formula is C12H22N2O2. The molecule has 0 spiro atoms. The predicted molar refractivity (Wildman–Crippen MR) is 62.2 cm³/mol. The number of nitrogens with two attached hydrogens (primary N) is 1. The van der Waals surface area contributed by atoms with Gasteiger partial charge in [-0.2, -0.15) is 0 Å². The maximum Gasteiger partial charge on any atom is 0.324 e. The molecular weight excluding hydrogens is 204 g/mol. The Hall–Kier alpha value is -0.610. The predicted octanol–water partition coefficient (Wildman–Crippen LogP) is 1.05. The number of carbonyl (C=O) groups is 1. The fourth-order valence-electron chi connectivity index (χ4n) is 3.08. The van der Waals surface area contributed by atoms with Gasteiger partial charge < -0.3 is 15.7 Å².